The van der Waals surface area contributed by atoms with Crippen molar-refractivity contribution in [3.8, 4) is 0 Å². The quantitative estimate of drug-likeness (QED) is 0.482. The van der Waals surface area contributed by atoms with Crippen molar-refractivity contribution in [3.05, 3.63) is 93.1 Å². The fourth-order valence-corrected chi connectivity index (χ4v) is 7.69. The third-order valence-electron chi connectivity index (χ3n) is 4.44. The zero-order chi connectivity index (χ0) is 21.5. The van der Waals surface area contributed by atoms with Crippen LogP contribution in [0.15, 0.2) is 82.6 Å². The van der Waals surface area contributed by atoms with Crippen molar-refractivity contribution in [2.45, 2.75) is 9.79 Å². The Morgan fingerprint density at radius 2 is 1.53 bits per heavy atom. The maximum atomic E-state index is 13.6. The zero-order valence-corrected chi connectivity index (χ0v) is 17.7. The first kappa shape index (κ1) is 20.3. The number of carbonyl (C=O) groups excluding carboxylic acids is 2. The van der Waals surface area contributed by atoms with E-state index >= 15 is 0 Å². The number of hydrogen-bond donors (Lipinski definition) is 1. The summed E-state index contributed by atoms with van der Waals surface area (Å²) in [6.07, 6.45) is 1.91. The van der Waals surface area contributed by atoms with Crippen molar-refractivity contribution in [1.29, 1.82) is 0 Å². The summed E-state index contributed by atoms with van der Waals surface area (Å²) in [5.74, 6) is -2.66. The average Bonchev–Trinajstić information content (AvgIpc) is 2.73. The van der Waals surface area contributed by atoms with Crippen molar-refractivity contribution in [3.63, 3.8) is 0 Å². The molecule has 1 aliphatic heterocycles. The molecule has 2 N–H and O–H groups in total. The Labute approximate surface area is 180 Å². The minimum atomic E-state index is -4.42. The molecule has 6 nitrogen and oxygen atoms in total. The molecule has 0 bridgehead atoms. The maximum absolute atomic E-state index is 13.6. The lowest BCUT2D eigenvalue weighted by molar-refractivity contribution is -0.138. The summed E-state index contributed by atoms with van der Waals surface area (Å²) in [6, 6.07) is 19.7. The largest absolute Gasteiger partial charge is 0.361 e. The molecule has 0 saturated carbocycles. The molecule has 9 heteroatoms. The van der Waals surface area contributed by atoms with Gasteiger partial charge in [-0.25, -0.2) is 8.42 Å². The standard InChI is InChI=1S/C21H15ClN2O4S2/c22-16-9-11-17(12-10-16)30(27,28)24(21(26)20(23)25)29-18-7-3-1-5-14(18)13-15-6-2-4-8-19(15)29/h1-13H,(H2,23,25). The van der Waals surface area contributed by atoms with Gasteiger partial charge in [0.25, 0.3) is 10.0 Å². The highest BCUT2D eigenvalue weighted by Crippen LogP contribution is 2.41. The van der Waals surface area contributed by atoms with Gasteiger partial charge in [-0.3, -0.25) is 9.59 Å². The van der Waals surface area contributed by atoms with Crippen LogP contribution in [0.25, 0.3) is 6.08 Å². The summed E-state index contributed by atoms with van der Waals surface area (Å²) in [4.78, 5) is 25.2. The maximum Gasteiger partial charge on any atom is 0.335 e. The molecule has 4 rings (SSSR count). The molecule has 2 amide bonds. The van der Waals surface area contributed by atoms with Crippen molar-refractivity contribution < 1.29 is 18.0 Å². The molecule has 3 aromatic rings. The number of amides is 2. The van der Waals surface area contributed by atoms with Gasteiger partial charge in [-0.15, -0.1) is 0 Å². The van der Waals surface area contributed by atoms with E-state index < -0.39 is 32.5 Å². The average molecular weight is 459 g/mol. The highest BCUT2D eigenvalue weighted by atomic mass is 35.5. The van der Waals surface area contributed by atoms with Crippen LogP contribution in [-0.2, 0) is 19.6 Å². The van der Waals surface area contributed by atoms with E-state index in [2.05, 4.69) is 0 Å². The van der Waals surface area contributed by atoms with Gasteiger partial charge in [-0.1, -0.05) is 48.0 Å². The lowest BCUT2D eigenvalue weighted by atomic mass is 10.1. The number of sulfonamides is 1. The van der Waals surface area contributed by atoms with Gasteiger partial charge in [-0.2, -0.15) is 3.71 Å². The molecule has 1 unspecified atom stereocenters. The second-order valence-corrected chi connectivity index (χ2v) is 10.6. The van der Waals surface area contributed by atoms with Crippen LogP contribution in [0.1, 0.15) is 5.56 Å². The molecule has 0 aromatic heterocycles. The van der Waals surface area contributed by atoms with Crippen LogP contribution in [0.2, 0.25) is 5.02 Å². The Bertz CT molecular complexity index is 1420. The summed E-state index contributed by atoms with van der Waals surface area (Å²) < 4.78 is 28.3. The lowest BCUT2D eigenvalue weighted by Gasteiger charge is -2.27. The second kappa shape index (κ2) is 7.71. The van der Waals surface area contributed by atoms with Crippen LogP contribution in [0.5, 0.6) is 0 Å². The monoisotopic (exact) mass is 458 g/mol. The van der Waals surface area contributed by atoms with Gasteiger partial charge in [0, 0.05) is 14.4 Å². The third-order valence-corrected chi connectivity index (χ3v) is 9.27. The van der Waals surface area contributed by atoms with Gasteiger partial charge in [0.05, 0.1) is 4.90 Å². The molecule has 3 aromatic carbocycles. The van der Waals surface area contributed by atoms with Crippen LogP contribution >= 0.6 is 22.3 Å². The topological polar surface area (TPSA) is 97.5 Å². The van der Waals surface area contributed by atoms with E-state index in [4.69, 9.17) is 17.3 Å². The number of carbonyl (C=O) groups is 2. The number of fused-ring (bicyclic) bond motifs is 2. The molecule has 0 aliphatic carbocycles. The minimum Gasteiger partial charge on any atom is -0.361 e. The van der Waals surface area contributed by atoms with Gasteiger partial charge in [-0.05, 0) is 63.9 Å². The van der Waals surface area contributed by atoms with Crippen molar-refractivity contribution >= 4 is 50.2 Å². The van der Waals surface area contributed by atoms with Crippen LogP contribution in [0.3, 0.4) is 0 Å². The van der Waals surface area contributed by atoms with Gasteiger partial charge in [0.1, 0.15) is 0 Å². The van der Waals surface area contributed by atoms with Gasteiger partial charge < -0.3 is 5.73 Å². The highest BCUT2D eigenvalue weighted by Gasteiger charge is 2.37. The number of primary amides is 1. The molecule has 0 saturated heterocycles. The number of hydrogen-bond acceptors (Lipinski definition) is 4. The normalized spacial score (nSPS) is 14.8. The Morgan fingerprint density at radius 1 is 0.900 bits per heavy atom. The smallest absolute Gasteiger partial charge is 0.335 e. The van der Waals surface area contributed by atoms with Crippen LogP contribution in [-0.4, -0.2) is 23.9 Å². The molecule has 30 heavy (non-hydrogen) atoms. The fraction of sp³-hybridized carbons (Fsp3) is 0. The molecular formula is C21H15ClN2O4S2. The Kier molecular flexibility index (Phi) is 5.23. The highest BCUT2D eigenvalue weighted by molar-refractivity contribution is 8.16. The van der Waals surface area contributed by atoms with E-state index in [9.17, 15) is 18.0 Å². The van der Waals surface area contributed by atoms with E-state index in [1.165, 1.54) is 24.3 Å². The Morgan fingerprint density at radius 3 is 2.23 bits per heavy atom. The van der Waals surface area contributed by atoms with E-state index in [0.717, 1.165) is 10.8 Å². The molecule has 1 aliphatic rings. The molecule has 0 fully saturated rings. The molecule has 1 heterocycles. The molecule has 152 valence electrons. The first-order valence-electron chi connectivity index (χ1n) is 8.72. The van der Waals surface area contributed by atoms with Crippen molar-refractivity contribution in [2.24, 2.45) is 5.73 Å². The number of nitrogens with two attached hydrogens (primary N) is 1. The lowest BCUT2D eigenvalue weighted by Crippen LogP contribution is -2.41. The van der Waals surface area contributed by atoms with Crippen molar-refractivity contribution in [2.75, 3.05) is 0 Å². The van der Waals surface area contributed by atoms with Gasteiger partial charge >= 0.3 is 11.8 Å². The first-order valence-corrected chi connectivity index (χ1v) is 11.7. The first-order chi connectivity index (χ1) is 14.3. The number of rotatable bonds is 3. The van der Waals surface area contributed by atoms with E-state index in [-0.39, 0.29) is 4.90 Å². The summed E-state index contributed by atoms with van der Waals surface area (Å²) in [5.41, 5.74) is 6.02. The Hall–Kier alpha value is -2.94. The van der Waals surface area contributed by atoms with Gasteiger partial charge in [0.2, 0.25) is 0 Å². The Balaban J connectivity index is 2.10. The molecular weight excluding hydrogens is 444 g/mol. The fourth-order valence-electron chi connectivity index (χ4n) is 3.10. The summed E-state index contributed by atoms with van der Waals surface area (Å²) in [7, 11) is -5.85. The van der Waals surface area contributed by atoms with E-state index in [1.807, 2.05) is 30.3 Å². The van der Waals surface area contributed by atoms with E-state index in [0.29, 0.717) is 18.1 Å². The molecule has 0 radical (unpaired) electrons. The van der Waals surface area contributed by atoms with E-state index in [1.54, 1.807) is 24.3 Å². The predicted octanol–water partition coefficient (Wildman–Crippen LogP) is 2.68. The predicted molar refractivity (Wildman–Crippen MR) is 115 cm³/mol. The summed E-state index contributed by atoms with van der Waals surface area (Å²) in [5, 5.41) is 1.10. The number of halogens is 1. The van der Waals surface area contributed by atoms with Crippen LogP contribution in [0, 0.1) is 4.51 Å². The molecule has 0 spiro atoms. The third kappa shape index (κ3) is 3.43. The minimum absolute atomic E-state index is 0.168. The number of nitrogens with zero attached hydrogens (tertiary/aromatic N) is 1. The molecule has 1 atom stereocenters. The van der Waals surface area contributed by atoms with Gasteiger partial charge in [0.15, 0.2) is 0 Å². The van der Waals surface area contributed by atoms with Crippen LogP contribution in [0.4, 0.5) is 0 Å². The SMILES string of the molecule is NC(=O)C(=O)N(S1=c2ccccc2=Cc2ccccc21)S(=O)(=O)c1ccc(Cl)cc1. The van der Waals surface area contributed by atoms with Crippen molar-refractivity contribution in [1.82, 2.24) is 3.71 Å². The van der Waals surface area contributed by atoms with Crippen LogP contribution < -0.4 is 11.0 Å². The second-order valence-electron chi connectivity index (χ2n) is 6.36. The summed E-state index contributed by atoms with van der Waals surface area (Å²) in [6.45, 7) is 0. The zero-order valence-electron chi connectivity index (χ0n) is 15.4. The summed E-state index contributed by atoms with van der Waals surface area (Å²) >= 11 is 5.89. The number of benzene rings is 3.